The summed E-state index contributed by atoms with van der Waals surface area (Å²) in [5, 5.41) is 0. The molecular formula is C21H30. The molecule has 0 amide bonds. The van der Waals surface area contributed by atoms with Crippen molar-refractivity contribution in [3.8, 4) is 0 Å². The summed E-state index contributed by atoms with van der Waals surface area (Å²) in [6.07, 6.45) is 7.30. The predicted octanol–water partition coefficient (Wildman–Crippen LogP) is 5.82. The van der Waals surface area contributed by atoms with Crippen LogP contribution in [0.5, 0.6) is 0 Å². The zero-order valence-corrected chi connectivity index (χ0v) is 14.2. The second-order valence-electron chi connectivity index (χ2n) is 9.13. The van der Waals surface area contributed by atoms with Crippen LogP contribution in [0.1, 0.15) is 65.4 Å². The topological polar surface area (TPSA) is 0 Å². The Morgan fingerprint density at radius 3 is 2.33 bits per heavy atom. The van der Waals surface area contributed by atoms with Crippen LogP contribution in [0.3, 0.4) is 0 Å². The van der Waals surface area contributed by atoms with Gasteiger partial charge in [0.2, 0.25) is 0 Å². The fraction of sp³-hybridized carbons (Fsp3) is 0.714. The van der Waals surface area contributed by atoms with Crippen molar-refractivity contribution in [1.82, 2.24) is 0 Å². The Morgan fingerprint density at radius 1 is 0.905 bits per heavy atom. The summed E-state index contributed by atoms with van der Waals surface area (Å²) in [4.78, 5) is 0. The predicted molar refractivity (Wildman–Crippen MR) is 89.2 cm³/mol. The molecule has 3 saturated carbocycles. The van der Waals surface area contributed by atoms with Gasteiger partial charge < -0.3 is 0 Å². The smallest absolute Gasteiger partial charge is 0.00414 e. The number of hydrogen-bond acceptors (Lipinski definition) is 0. The van der Waals surface area contributed by atoms with E-state index in [1.165, 1.54) is 32.1 Å². The van der Waals surface area contributed by atoms with E-state index in [1.807, 2.05) is 0 Å². The Balaban J connectivity index is 1.80. The zero-order valence-electron chi connectivity index (χ0n) is 14.2. The van der Waals surface area contributed by atoms with Gasteiger partial charge in [0.1, 0.15) is 0 Å². The maximum atomic E-state index is 2.59. The molecule has 0 saturated heterocycles. The van der Waals surface area contributed by atoms with Crippen LogP contribution in [-0.4, -0.2) is 0 Å². The van der Waals surface area contributed by atoms with Crippen molar-refractivity contribution in [1.29, 1.82) is 0 Å². The lowest BCUT2D eigenvalue weighted by atomic mass is 9.56. The van der Waals surface area contributed by atoms with Gasteiger partial charge in [0.05, 0.1) is 0 Å². The molecule has 0 heterocycles. The fourth-order valence-corrected chi connectivity index (χ4v) is 7.08. The number of benzene rings is 1. The molecule has 0 radical (unpaired) electrons. The standard InChI is InChI=1S/C21H30/c1-15-10-11-17-19(2,3)18-14-21(15,17)13-12-20(18,4)16-8-6-5-7-9-16/h5-9,15,17-18H,10-14H2,1-4H3/t15-,17+,18-,20+,21+/m1/s1. The molecule has 0 unspecified atom stereocenters. The van der Waals surface area contributed by atoms with Crippen LogP contribution in [-0.2, 0) is 5.41 Å². The van der Waals surface area contributed by atoms with Crippen molar-refractivity contribution in [2.75, 3.05) is 0 Å². The van der Waals surface area contributed by atoms with Gasteiger partial charge in [-0.25, -0.2) is 0 Å². The molecule has 5 atom stereocenters. The van der Waals surface area contributed by atoms with Gasteiger partial charge in [0.15, 0.2) is 0 Å². The van der Waals surface area contributed by atoms with Crippen LogP contribution in [0.15, 0.2) is 30.3 Å². The summed E-state index contributed by atoms with van der Waals surface area (Å²) >= 11 is 0. The zero-order chi connectivity index (χ0) is 14.9. The fourth-order valence-electron chi connectivity index (χ4n) is 7.08. The van der Waals surface area contributed by atoms with E-state index in [0.29, 0.717) is 16.2 Å². The number of rotatable bonds is 1. The van der Waals surface area contributed by atoms with Gasteiger partial charge in [-0.3, -0.25) is 0 Å². The molecule has 4 rings (SSSR count). The summed E-state index contributed by atoms with van der Waals surface area (Å²) in [6, 6.07) is 11.4. The van der Waals surface area contributed by atoms with Crippen molar-refractivity contribution < 1.29 is 0 Å². The first-order chi connectivity index (χ1) is 9.91. The van der Waals surface area contributed by atoms with Gasteiger partial charge in [-0.2, -0.15) is 0 Å². The van der Waals surface area contributed by atoms with E-state index in [-0.39, 0.29) is 0 Å². The number of hydrogen-bond donors (Lipinski definition) is 0. The van der Waals surface area contributed by atoms with Crippen molar-refractivity contribution in [2.45, 2.75) is 65.2 Å². The van der Waals surface area contributed by atoms with Crippen molar-refractivity contribution in [3.05, 3.63) is 35.9 Å². The van der Waals surface area contributed by atoms with Crippen molar-refractivity contribution in [2.24, 2.45) is 28.6 Å². The van der Waals surface area contributed by atoms with Crippen LogP contribution >= 0.6 is 0 Å². The van der Waals surface area contributed by atoms with E-state index in [0.717, 1.165) is 17.8 Å². The minimum absolute atomic E-state index is 0.389. The summed E-state index contributed by atoms with van der Waals surface area (Å²) < 4.78 is 0. The molecule has 3 aliphatic carbocycles. The maximum Gasteiger partial charge on any atom is -0.00414 e. The molecule has 114 valence electrons. The molecule has 0 N–H and O–H groups in total. The molecule has 1 spiro atoms. The quantitative estimate of drug-likeness (QED) is 0.609. The van der Waals surface area contributed by atoms with Gasteiger partial charge >= 0.3 is 0 Å². The lowest BCUT2D eigenvalue weighted by Crippen LogP contribution is -2.42. The van der Waals surface area contributed by atoms with Crippen molar-refractivity contribution >= 4 is 0 Å². The van der Waals surface area contributed by atoms with E-state index < -0.39 is 0 Å². The highest BCUT2D eigenvalue weighted by Crippen LogP contribution is 2.74. The van der Waals surface area contributed by atoms with E-state index in [1.54, 1.807) is 5.56 Å². The largest absolute Gasteiger partial charge is 0.0622 e. The average molecular weight is 282 g/mol. The minimum Gasteiger partial charge on any atom is -0.0622 e. The average Bonchev–Trinajstić information content (AvgIpc) is 2.90. The van der Waals surface area contributed by atoms with Gasteiger partial charge in [0, 0.05) is 0 Å². The molecule has 0 aliphatic heterocycles. The monoisotopic (exact) mass is 282 g/mol. The van der Waals surface area contributed by atoms with Gasteiger partial charge in [-0.05, 0) is 71.7 Å². The Kier molecular flexibility index (Phi) is 2.74. The summed E-state index contributed by atoms with van der Waals surface area (Å²) in [5.41, 5.74) is 3.17. The number of fused-ring (bicyclic) bond motifs is 1. The van der Waals surface area contributed by atoms with E-state index >= 15 is 0 Å². The van der Waals surface area contributed by atoms with E-state index in [9.17, 15) is 0 Å². The van der Waals surface area contributed by atoms with Gasteiger partial charge in [0.25, 0.3) is 0 Å². The molecule has 1 aromatic rings. The summed E-state index contributed by atoms with van der Waals surface area (Å²) in [7, 11) is 0. The van der Waals surface area contributed by atoms with Gasteiger partial charge in [-0.1, -0.05) is 58.0 Å². The van der Waals surface area contributed by atoms with Crippen LogP contribution in [0.25, 0.3) is 0 Å². The Morgan fingerprint density at radius 2 is 1.62 bits per heavy atom. The van der Waals surface area contributed by atoms with E-state index in [2.05, 4.69) is 58.0 Å². The molecule has 3 aliphatic rings. The van der Waals surface area contributed by atoms with Gasteiger partial charge in [-0.15, -0.1) is 0 Å². The molecule has 0 aromatic heterocycles. The first-order valence-corrected chi connectivity index (χ1v) is 8.97. The highest BCUT2D eigenvalue weighted by Gasteiger charge is 2.67. The highest BCUT2D eigenvalue weighted by atomic mass is 14.7. The molecule has 0 heteroatoms. The highest BCUT2D eigenvalue weighted by molar-refractivity contribution is 5.31. The third-order valence-corrected chi connectivity index (χ3v) is 8.26. The maximum absolute atomic E-state index is 2.59. The summed E-state index contributed by atoms with van der Waals surface area (Å²) in [6.45, 7) is 10.3. The Labute approximate surface area is 130 Å². The molecule has 1 aromatic carbocycles. The summed E-state index contributed by atoms with van der Waals surface area (Å²) in [5.74, 6) is 2.77. The Bertz CT molecular complexity index is 542. The van der Waals surface area contributed by atoms with Crippen LogP contribution in [0.2, 0.25) is 0 Å². The third-order valence-electron chi connectivity index (χ3n) is 8.26. The Hall–Kier alpha value is -0.780. The molecular weight excluding hydrogens is 252 g/mol. The van der Waals surface area contributed by atoms with Crippen LogP contribution in [0.4, 0.5) is 0 Å². The molecule has 21 heavy (non-hydrogen) atoms. The first kappa shape index (κ1) is 13.9. The first-order valence-electron chi connectivity index (χ1n) is 8.97. The molecule has 3 fully saturated rings. The molecule has 2 bridgehead atoms. The minimum atomic E-state index is 0.389. The lowest BCUT2D eigenvalue weighted by Gasteiger charge is -2.48. The normalized spacial score (nSPS) is 47.3. The second-order valence-corrected chi connectivity index (χ2v) is 9.13. The second kappa shape index (κ2) is 4.15. The van der Waals surface area contributed by atoms with Crippen LogP contribution < -0.4 is 0 Å². The SMILES string of the molecule is C[C@@H]1CC[C@H]2C(C)(C)[C@H]3C[C@@]12CC[C@@]3(C)c1ccccc1. The van der Waals surface area contributed by atoms with Crippen LogP contribution in [0, 0.1) is 28.6 Å². The lowest BCUT2D eigenvalue weighted by molar-refractivity contribution is 0.0834. The third kappa shape index (κ3) is 1.57. The van der Waals surface area contributed by atoms with Crippen molar-refractivity contribution in [3.63, 3.8) is 0 Å². The molecule has 0 nitrogen and oxygen atoms in total. The van der Waals surface area contributed by atoms with E-state index in [4.69, 9.17) is 0 Å².